The number of hydrogen-bond acceptors (Lipinski definition) is 4. The molecular formula is C24H50N2O2. The molecule has 0 fully saturated rings. The van der Waals surface area contributed by atoms with Gasteiger partial charge in [-0.15, -0.1) is 0 Å². The van der Waals surface area contributed by atoms with Gasteiger partial charge in [0.1, 0.15) is 6.04 Å². The lowest BCUT2D eigenvalue weighted by Gasteiger charge is -2.11. The maximum Gasteiger partial charge on any atom is 0.322 e. The normalized spacial score (nSPS) is 12.2. The summed E-state index contributed by atoms with van der Waals surface area (Å²) in [5.41, 5.74) is 11.3. The molecule has 0 rings (SSSR count). The fourth-order valence-corrected chi connectivity index (χ4v) is 3.56. The monoisotopic (exact) mass is 398 g/mol. The molecule has 0 amide bonds. The van der Waals surface area contributed by atoms with Gasteiger partial charge >= 0.3 is 5.97 Å². The van der Waals surface area contributed by atoms with Gasteiger partial charge in [-0.05, 0) is 25.8 Å². The Labute approximate surface area is 175 Å². The van der Waals surface area contributed by atoms with Crippen molar-refractivity contribution in [3.8, 4) is 0 Å². The number of hydrogen-bond donors (Lipinski definition) is 2. The number of carbonyl (C=O) groups excluding carboxylic acids is 1. The summed E-state index contributed by atoms with van der Waals surface area (Å²) >= 11 is 0. The van der Waals surface area contributed by atoms with Gasteiger partial charge in [0, 0.05) is 0 Å². The van der Waals surface area contributed by atoms with Gasteiger partial charge in [-0.25, -0.2) is 0 Å². The lowest BCUT2D eigenvalue weighted by molar-refractivity contribution is -0.145. The molecule has 4 N–H and O–H groups in total. The van der Waals surface area contributed by atoms with Crippen molar-refractivity contribution in [2.45, 2.75) is 135 Å². The van der Waals surface area contributed by atoms with E-state index in [9.17, 15) is 4.79 Å². The molecule has 1 atom stereocenters. The van der Waals surface area contributed by atoms with Crippen LogP contribution in [-0.4, -0.2) is 25.2 Å². The van der Waals surface area contributed by atoms with Crippen LogP contribution in [0.2, 0.25) is 0 Å². The molecule has 168 valence electrons. The molecule has 0 saturated carbocycles. The molecule has 0 aromatic carbocycles. The van der Waals surface area contributed by atoms with E-state index in [0.717, 1.165) is 25.7 Å². The highest BCUT2D eigenvalue weighted by Gasteiger charge is 2.13. The Morgan fingerprint density at radius 1 is 0.679 bits per heavy atom. The van der Waals surface area contributed by atoms with Crippen LogP contribution in [0.5, 0.6) is 0 Å². The number of esters is 1. The molecule has 4 nitrogen and oxygen atoms in total. The molecule has 0 bridgehead atoms. The molecule has 0 heterocycles. The van der Waals surface area contributed by atoms with Crippen molar-refractivity contribution in [3.05, 3.63) is 0 Å². The Balaban J connectivity index is 3.18. The second kappa shape index (κ2) is 22.7. The topological polar surface area (TPSA) is 78.3 Å². The maximum atomic E-state index is 11.7. The van der Waals surface area contributed by atoms with Crippen LogP contribution in [0.1, 0.15) is 129 Å². The van der Waals surface area contributed by atoms with Crippen LogP contribution in [0.25, 0.3) is 0 Å². The zero-order valence-electron chi connectivity index (χ0n) is 18.9. The summed E-state index contributed by atoms with van der Waals surface area (Å²) in [6.07, 6.45) is 24.1. The Morgan fingerprint density at radius 2 is 1.11 bits per heavy atom. The lowest BCUT2D eigenvalue weighted by atomic mass is 10.0. The molecular weight excluding hydrogens is 348 g/mol. The summed E-state index contributed by atoms with van der Waals surface area (Å²) < 4.78 is 5.26. The molecule has 0 aromatic heterocycles. The van der Waals surface area contributed by atoms with Gasteiger partial charge in [0.05, 0.1) is 6.61 Å². The highest BCUT2D eigenvalue weighted by molar-refractivity contribution is 5.75. The first-order valence-corrected chi connectivity index (χ1v) is 12.3. The van der Waals surface area contributed by atoms with Crippen molar-refractivity contribution in [1.29, 1.82) is 0 Å². The molecule has 0 radical (unpaired) electrons. The third kappa shape index (κ3) is 20.1. The zero-order chi connectivity index (χ0) is 20.7. The number of rotatable bonds is 22. The molecule has 0 unspecified atom stereocenters. The van der Waals surface area contributed by atoms with E-state index in [1.54, 1.807) is 0 Å². The number of carbonyl (C=O) groups is 1. The van der Waals surface area contributed by atoms with Crippen LogP contribution < -0.4 is 11.5 Å². The van der Waals surface area contributed by atoms with E-state index in [-0.39, 0.29) is 5.97 Å². The number of nitrogens with two attached hydrogens (primary N) is 2. The lowest BCUT2D eigenvalue weighted by Crippen LogP contribution is -2.32. The van der Waals surface area contributed by atoms with Crippen molar-refractivity contribution in [3.63, 3.8) is 0 Å². The minimum absolute atomic E-state index is 0.252. The average molecular weight is 399 g/mol. The van der Waals surface area contributed by atoms with E-state index < -0.39 is 6.04 Å². The minimum Gasteiger partial charge on any atom is -0.465 e. The summed E-state index contributed by atoms with van der Waals surface area (Å²) in [5.74, 6) is -0.252. The third-order valence-electron chi connectivity index (χ3n) is 5.51. The molecule has 0 aliphatic rings. The summed E-state index contributed by atoms with van der Waals surface area (Å²) in [6.45, 7) is 3.45. The van der Waals surface area contributed by atoms with E-state index in [1.165, 1.54) is 89.9 Å². The summed E-state index contributed by atoms with van der Waals surface area (Å²) in [7, 11) is 0. The predicted octanol–water partition coefficient (Wildman–Crippen LogP) is 6.25. The van der Waals surface area contributed by atoms with Crippen molar-refractivity contribution in [1.82, 2.24) is 0 Å². The smallest absolute Gasteiger partial charge is 0.322 e. The zero-order valence-corrected chi connectivity index (χ0v) is 18.9. The largest absolute Gasteiger partial charge is 0.465 e. The fraction of sp³-hybridized carbons (Fsp3) is 0.958. The molecule has 4 heteroatoms. The number of ether oxygens (including phenoxy) is 1. The first-order chi connectivity index (χ1) is 13.7. The van der Waals surface area contributed by atoms with Gasteiger partial charge in [0.2, 0.25) is 0 Å². The Hall–Kier alpha value is -0.610. The van der Waals surface area contributed by atoms with Gasteiger partial charge in [0.15, 0.2) is 0 Å². The molecule has 0 saturated heterocycles. The second-order valence-corrected chi connectivity index (χ2v) is 8.36. The highest BCUT2D eigenvalue weighted by atomic mass is 16.5. The van der Waals surface area contributed by atoms with Crippen molar-refractivity contribution >= 4 is 5.97 Å². The summed E-state index contributed by atoms with van der Waals surface area (Å²) in [4.78, 5) is 11.7. The summed E-state index contributed by atoms with van der Waals surface area (Å²) in [6, 6.07) is -0.479. The van der Waals surface area contributed by atoms with Crippen molar-refractivity contribution in [2.24, 2.45) is 11.5 Å². The van der Waals surface area contributed by atoms with Crippen molar-refractivity contribution < 1.29 is 9.53 Å². The van der Waals surface area contributed by atoms with Crippen LogP contribution in [-0.2, 0) is 9.53 Å². The van der Waals surface area contributed by atoms with Crippen LogP contribution in [0, 0.1) is 0 Å². The average Bonchev–Trinajstić information content (AvgIpc) is 2.70. The van der Waals surface area contributed by atoms with Gasteiger partial charge in [-0.1, -0.05) is 110 Å². The van der Waals surface area contributed by atoms with E-state index in [4.69, 9.17) is 16.2 Å². The van der Waals surface area contributed by atoms with Gasteiger partial charge in [-0.2, -0.15) is 0 Å². The van der Waals surface area contributed by atoms with Crippen LogP contribution >= 0.6 is 0 Å². The van der Waals surface area contributed by atoms with E-state index in [2.05, 4.69) is 6.92 Å². The maximum absolute atomic E-state index is 11.7. The highest BCUT2D eigenvalue weighted by Crippen LogP contribution is 2.13. The Kier molecular flexibility index (Phi) is 22.2. The van der Waals surface area contributed by atoms with E-state index in [0.29, 0.717) is 19.6 Å². The first-order valence-electron chi connectivity index (χ1n) is 12.3. The van der Waals surface area contributed by atoms with Gasteiger partial charge in [-0.3, -0.25) is 4.79 Å². The van der Waals surface area contributed by atoms with Gasteiger partial charge < -0.3 is 16.2 Å². The third-order valence-corrected chi connectivity index (χ3v) is 5.51. The molecule has 0 spiro atoms. The fourth-order valence-electron chi connectivity index (χ4n) is 3.56. The molecule has 0 aliphatic carbocycles. The van der Waals surface area contributed by atoms with Crippen LogP contribution in [0.3, 0.4) is 0 Å². The van der Waals surface area contributed by atoms with Crippen LogP contribution in [0.15, 0.2) is 0 Å². The summed E-state index contributed by atoms with van der Waals surface area (Å²) in [5, 5.41) is 0. The molecule has 0 aliphatic heterocycles. The second-order valence-electron chi connectivity index (χ2n) is 8.36. The van der Waals surface area contributed by atoms with E-state index >= 15 is 0 Å². The molecule has 0 aromatic rings. The van der Waals surface area contributed by atoms with Gasteiger partial charge in [0.25, 0.3) is 0 Å². The SMILES string of the molecule is CCCCCCCCCCCCCCCCCCOC(=O)[C@H](N)CCCCN. The predicted molar refractivity (Wildman–Crippen MR) is 121 cm³/mol. The minimum atomic E-state index is -0.479. The van der Waals surface area contributed by atoms with Crippen LogP contribution in [0.4, 0.5) is 0 Å². The Bertz CT molecular complexity index is 324. The first kappa shape index (κ1) is 27.4. The standard InChI is InChI=1S/C24H50N2O2/c1-2-3-4-5-6-7-8-9-10-11-12-13-14-15-16-19-22-28-24(27)23(26)20-17-18-21-25/h23H,2-22,25-26H2,1H3/t23-/m1/s1. The number of unbranched alkanes of at least 4 members (excludes halogenated alkanes) is 16. The molecule has 28 heavy (non-hydrogen) atoms. The van der Waals surface area contributed by atoms with Crippen molar-refractivity contribution in [2.75, 3.05) is 13.2 Å². The van der Waals surface area contributed by atoms with E-state index in [1.807, 2.05) is 0 Å². The quantitative estimate of drug-likeness (QED) is 0.167. The Morgan fingerprint density at radius 3 is 1.54 bits per heavy atom.